The van der Waals surface area contributed by atoms with E-state index < -0.39 is 5.60 Å². The van der Waals surface area contributed by atoms with Crippen molar-refractivity contribution >= 4 is 28.7 Å². The van der Waals surface area contributed by atoms with E-state index in [0.29, 0.717) is 12.1 Å². The van der Waals surface area contributed by atoms with Gasteiger partial charge in [0, 0.05) is 31.7 Å². The molecule has 5 rings (SSSR count). The Balaban J connectivity index is 1.41. The Morgan fingerprint density at radius 3 is 2.43 bits per heavy atom. The molecule has 0 spiro atoms. The standard InChI is InChI=1S/C37H46N4O3/c1-6-7-17-34-39-32-23-22-29(40(5)36(43)38-28-13-9-8-10-14-28)24-33(32)41(34)25-26-18-20-27(21-19-26)30-15-11-12-16-31(30)35(42)44-37(2,3)4/h11-12,15-16,18-24,28H,6-10,13-14,17,25H2,1-5H3,(H,38,43). The first-order chi connectivity index (χ1) is 21.1. The monoisotopic (exact) mass is 594 g/mol. The quantitative estimate of drug-likeness (QED) is 0.197. The van der Waals surface area contributed by atoms with E-state index in [1.165, 1.54) is 19.3 Å². The van der Waals surface area contributed by atoms with E-state index in [-0.39, 0.29) is 18.0 Å². The third-order valence-electron chi connectivity index (χ3n) is 8.34. The van der Waals surface area contributed by atoms with Crippen LogP contribution in [0.25, 0.3) is 22.2 Å². The van der Waals surface area contributed by atoms with Gasteiger partial charge in [-0.25, -0.2) is 14.6 Å². The number of amides is 2. The molecule has 0 saturated heterocycles. The lowest BCUT2D eigenvalue weighted by atomic mass is 9.96. The fourth-order valence-corrected chi connectivity index (χ4v) is 5.93. The number of ether oxygens (including phenoxy) is 1. The lowest BCUT2D eigenvalue weighted by molar-refractivity contribution is 0.00704. The number of esters is 1. The van der Waals surface area contributed by atoms with Crippen molar-refractivity contribution in [3.63, 3.8) is 0 Å². The van der Waals surface area contributed by atoms with Crippen LogP contribution in [0.15, 0.2) is 66.7 Å². The number of aromatic nitrogens is 2. The molecule has 1 heterocycles. The van der Waals surface area contributed by atoms with Crippen molar-refractivity contribution in [2.45, 2.75) is 97.2 Å². The van der Waals surface area contributed by atoms with E-state index >= 15 is 0 Å². The molecule has 7 nitrogen and oxygen atoms in total. The van der Waals surface area contributed by atoms with Crippen LogP contribution in [-0.2, 0) is 17.7 Å². The molecule has 0 aliphatic heterocycles. The number of nitrogens with zero attached hydrogens (tertiary/aromatic N) is 3. The van der Waals surface area contributed by atoms with Gasteiger partial charge in [0.25, 0.3) is 0 Å². The molecule has 0 atom stereocenters. The summed E-state index contributed by atoms with van der Waals surface area (Å²) in [5, 5.41) is 3.23. The van der Waals surface area contributed by atoms with Crippen LogP contribution in [-0.4, -0.2) is 40.2 Å². The van der Waals surface area contributed by atoms with Gasteiger partial charge in [-0.05, 0) is 81.0 Å². The summed E-state index contributed by atoms with van der Waals surface area (Å²) in [6.07, 6.45) is 8.75. The number of carbonyl (C=O) groups is 2. The maximum atomic E-state index is 13.1. The van der Waals surface area contributed by atoms with Crippen LogP contribution >= 0.6 is 0 Å². The zero-order valence-corrected chi connectivity index (χ0v) is 26.9. The van der Waals surface area contributed by atoms with E-state index in [1.54, 1.807) is 4.90 Å². The molecule has 1 aliphatic rings. The molecule has 0 bridgehead atoms. The predicted octanol–water partition coefficient (Wildman–Crippen LogP) is 8.53. The number of fused-ring (bicyclic) bond motifs is 1. The van der Waals surface area contributed by atoms with Gasteiger partial charge in [-0.15, -0.1) is 0 Å². The summed E-state index contributed by atoms with van der Waals surface area (Å²) in [6, 6.07) is 22.3. The smallest absolute Gasteiger partial charge is 0.339 e. The Morgan fingerprint density at radius 2 is 1.73 bits per heavy atom. The summed E-state index contributed by atoms with van der Waals surface area (Å²) in [6.45, 7) is 8.49. The molecular weight excluding hydrogens is 548 g/mol. The molecule has 232 valence electrons. The van der Waals surface area contributed by atoms with Gasteiger partial charge in [-0.2, -0.15) is 0 Å². The van der Waals surface area contributed by atoms with Gasteiger partial charge >= 0.3 is 12.0 Å². The van der Waals surface area contributed by atoms with Crippen molar-refractivity contribution < 1.29 is 14.3 Å². The SMILES string of the molecule is CCCCc1nc2ccc(N(C)C(=O)NC3CCCCC3)cc2n1Cc1ccc(-c2ccccc2C(=O)OC(C)(C)C)cc1. The van der Waals surface area contributed by atoms with E-state index in [9.17, 15) is 9.59 Å². The van der Waals surface area contributed by atoms with Crippen LogP contribution in [0.5, 0.6) is 0 Å². The molecular formula is C37H46N4O3. The Hall–Kier alpha value is -4.13. The zero-order valence-electron chi connectivity index (χ0n) is 26.9. The Bertz CT molecular complexity index is 1590. The van der Waals surface area contributed by atoms with Gasteiger partial charge in [0.1, 0.15) is 11.4 Å². The maximum Gasteiger partial charge on any atom is 0.339 e. The Labute approximate surface area is 261 Å². The molecule has 7 heteroatoms. The molecule has 0 unspecified atom stereocenters. The minimum atomic E-state index is -0.565. The maximum absolute atomic E-state index is 13.1. The minimum Gasteiger partial charge on any atom is -0.456 e. The van der Waals surface area contributed by atoms with E-state index in [1.807, 2.05) is 64.2 Å². The number of rotatable bonds is 9. The molecule has 3 aromatic carbocycles. The van der Waals surface area contributed by atoms with Crippen molar-refractivity contribution in [2.75, 3.05) is 11.9 Å². The Kier molecular flexibility index (Phi) is 9.72. The van der Waals surface area contributed by atoms with Crippen LogP contribution < -0.4 is 10.2 Å². The summed E-state index contributed by atoms with van der Waals surface area (Å²) in [5.74, 6) is 0.725. The number of hydrogen-bond acceptors (Lipinski definition) is 4. The summed E-state index contributed by atoms with van der Waals surface area (Å²) in [4.78, 5) is 32.8. The number of nitrogens with one attached hydrogen (secondary N) is 1. The van der Waals surface area contributed by atoms with Crippen molar-refractivity contribution in [3.8, 4) is 11.1 Å². The summed E-state index contributed by atoms with van der Waals surface area (Å²) < 4.78 is 7.95. The number of unbranched alkanes of at least 4 members (excludes halogenated alkanes) is 1. The van der Waals surface area contributed by atoms with E-state index in [0.717, 1.165) is 71.3 Å². The normalized spacial score (nSPS) is 14.0. The molecule has 0 radical (unpaired) electrons. The van der Waals surface area contributed by atoms with Gasteiger partial charge in [-0.1, -0.05) is 75.1 Å². The zero-order chi connectivity index (χ0) is 31.3. The highest BCUT2D eigenvalue weighted by Gasteiger charge is 2.22. The fraction of sp³-hybridized carbons (Fsp3) is 0.432. The second-order valence-corrected chi connectivity index (χ2v) is 13.0. The first-order valence-electron chi connectivity index (χ1n) is 16.1. The first-order valence-corrected chi connectivity index (χ1v) is 16.1. The highest BCUT2D eigenvalue weighted by Crippen LogP contribution is 2.28. The number of hydrogen-bond donors (Lipinski definition) is 1. The van der Waals surface area contributed by atoms with Crippen LogP contribution in [0.1, 0.15) is 94.4 Å². The second-order valence-electron chi connectivity index (χ2n) is 13.0. The summed E-state index contributed by atoms with van der Waals surface area (Å²) >= 11 is 0. The topological polar surface area (TPSA) is 76.5 Å². The number of aryl methyl sites for hydroxylation is 1. The summed E-state index contributed by atoms with van der Waals surface area (Å²) in [5.41, 5.74) is 5.74. The van der Waals surface area contributed by atoms with Gasteiger partial charge in [0.2, 0.25) is 0 Å². The molecule has 1 aromatic heterocycles. The van der Waals surface area contributed by atoms with Crippen molar-refractivity contribution in [3.05, 3.63) is 83.7 Å². The minimum absolute atomic E-state index is 0.0595. The van der Waals surface area contributed by atoms with Gasteiger partial charge in [0.15, 0.2) is 0 Å². The van der Waals surface area contributed by atoms with Gasteiger partial charge < -0.3 is 14.6 Å². The largest absolute Gasteiger partial charge is 0.456 e. The number of urea groups is 1. The first kappa shape index (κ1) is 31.3. The lowest BCUT2D eigenvalue weighted by Gasteiger charge is -2.26. The number of carbonyl (C=O) groups excluding carboxylic acids is 2. The van der Waals surface area contributed by atoms with Crippen molar-refractivity contribution in [1.29, 1.82) is 0 Å². The average molecular weight is 595 g/mol. The van der Waals surface area contributed by atoms with Crippen LogP contribution in [0, 0.1) is 0 Å². The molecule has 1 N–H and O–H groups in total. The highest BCUT2D eigenvalue weighted by molar-refractivity contribution is 5.97. The summed E-state index contributed by atoms with van der Waals surface area (Å²) in [7, 11) is 1.84. The lowest BCUT2D eigenvalue weighted by Crippen LogP contribution is -2.43. The third kappa shape index (κ3) is 7.50. The molecule has 1 fully saturated rings. The predicted molar refractivity (Wildman–Crippen MR) is 178 cm³/mol. The molecule has 2 amide bonds. The number of benzene rings is 3. The average Bonchev–Trinajstić information content (AvgIpc) is 3.35. The fourth-order valence-electron chi connectivity index (χ4n) is 5.93. The van der Waals surface area contributed by atoms with Crippen LogP contribution in [0.3, 0.4) is 0 Å². The van der Waals surface area contributed by atoms with Crippen LogP contribution in [0.4, 0.5) is 10.5 Å². The molecule has 4 aromatic rings. The molecule has 1 saturated carbocycles. The molecule has 44 heavy (non-hydrogen) atoms. The van der Waals surface area contributed by atoms with E-state index in [2.05, 4.69) is 47.1 Å². The number of anilines is 1. The van der Waals surface area contributed by atoms with Gasteiger partial charge in [0.05, 0.1) is 16.6 Å². The number of imidazole rings is 1. The second kappa shape index (κ2) is 13.7. The third-order valence-corrected chi connectivity index (χ3v) is 8.34. The highest BCUT2D eigenvalue weighted by atomic mass is 16.6. The van der Waals surface area contributed by atoms with Crippen molar-refractivity contribution in [1.82, 2.24) is 14.9 Å². The van der Waals surface area contributed by atoms with Gasteiger partial charge in [-0.3, -0.25) is 4.90 Å². The van der Waals surface area contributed by atoms with Crippen molar-refractivity contribution in [2.24, 2.45) is 0 Å². The molecule has 1 aliphatic carbocycles. The Morgan fingerprint density at radius 1 is 1.00 bits per heavy atom. The van der Waals surface area contributed by atoms with E-state index in [4.69, 9.17) is 9.72 Å². The van der Waals surface area contributed by atoms with Crippen LogP contribution in [0.2, 0.25) is 0 Å².